The first kappa shape index (κ1) is 37.2. The van der Waals surface area contributed by atoms with E-state index in [1.165, 1.54) is 116 Å². The van der Waals surface area contributed by atoms with Crippen LogP contribution in [0.15, 0.2) is 231 Å². The van der Waals surface area contributed by atoms with Crippen molar-refractivity contribution in [2.24, 2.45) is 0 Å². The Labute approximate surface area is 384 Å². The second-order valence-electron chi connectivity index (χ2n) is 18.7. The zero-order chi connectivity index (χ0) is 43.6. The molecule has 0 N–H and O–H groups in total. The van der Waals surface area contributed by atoms with E-state index in [0.717, 1.165) is 6.42 Å². The number of hydrogen-bond acceptors (Lipinski definition) is 0. The molecule has 12 aromatic rings. The highest BCUT2D eigenvalue weighted by Gasteiger charge is 2.46. The van der Waals surface area contributed by atoms with E-state index in [2.05, 4.69) is 253 Å². The summed E-state index contributed by atoms with van der Waals surface area (Å²) in [6.07, 6.45) is 5.76. The predicted octanol–water partition coefficient (Wildman–Crippen LogP) is 15.9. The summed E-state index contributed by atoms with van der Waals surface area (Å²) in [7, 11) is 0. The van der Waals surface area contributed by atoms with E-state index in [1.54, 1.807) is 0 Å². The van der Waals surface area contributed by atoms with Crippen molar-refractivity contribution < 1.29 is 0 Å². The van der Waals surface area contributed by atoms with E-state index in [-0.39, 0.29) is 5.41 Å². The molecule has 2 aliphatic carbocycles. The van der Waals surface area contributed by atoms with Gasteiger partial charge in [-0.05, 0) is 133 Å². The Morgan fingerprint density at radius 1 is 0.379 bits per heavy atom. The van der Waals surface area contributed by atoms with Crippen LogP contribution in [0.25, 0.3) is 82.8 Å². The van der Waals surface area contributed by atoms with Gasteiger partial charge in [0.1, 0.15) is 0 Å². The highest BCUT2D eigenvalue weighted by Crippen LogP contribution is 2.57. The lowest BCUT2D eigenvalue weighted by molar-refractivity contribution is 0.589. The van der Waals surface area contributed by atoms with Gasteiger partial charge in [-0.25, -0.2) is 0 Å². The number of fused-ring (bicyclic) bond motifs is 11. The van der Waals surface area contributed by atoms with Crippen molar-refractivity contribution in [3.8, 4) is 22.5 Å². The van der Waals surface area contributed by atoms with Crippen molar-refractivity contribution >= 4 is 60.3 Å². The number of aromatic nitrogens is 2. The number of nitrogens with zero attached hydrogens (tertiary/aromatic N) is 2. The van der Waals surface area contributed by atoms with Gasteiger partial charge >= 0.3 is 0 Å². The second kappa shape index (κ2) is 13.9. The van der Waals surface area contributed by atoms with Crippen LogP contribution in [0.5, 0.6) is 0 Å². The summed E-state index contributed by atoms with van der Waals surface area (Å²) < 4.78 is 4.99. The molecule has 2 aliphatic rings. The Kier molecular flexibility index (Phi) is 7.83. The molecule has 2 aromatic heterocycles. The Morgan fingerprint density at radius 3 is 1.67 bits per heavy atom. The Balaban J connectivity index is 1.01. The lowest BCUT2D eigenvalue weighted by Gasteiger charge is -2.34. The first-order valence-corrected chi connectivity index (χ1v) is 23.2. The first-order chi connectivity index (χ1) is 32.6. The Bertz CT molecular complexity index is 3940. The summed E-state index contributed by atoms with van der Waals surface area (Å²) in [6, 6.07) is 83.9. The van der Waals surface area contributed by atoms with Crippen LogP contribution >= 0.6 is 0 Å². The molecule has 2 heteroatoms. The average molecular weight is 841 g/mol. The van der Waals surface area contributed by atoms with Gasteiger partial charge < -0.3 is 9.13 Å². The standard InChI is InChI=1S/C64H44N2/c1-63(35-34-61-56(41-63)52-25-13-15-27-59(52)65(61)49-31-28-42-16-8-10-18-44(42)36-49)48-30-33-60-54(38-48)55-39-58-53(40-62(55)66(60)50-32-29-43-17-9-11-19-45(43)37-50)51-24-12-14-26-57(51)64(58,46-20-4-2-5-21-46)47-22-6-3-7-23-47/h2-40H,41H2,1H3. The average Bonchev–Trinajstić information content (AvgIpc) is 3.99. The molecular weight excluding hydrogens is 797 g/mol. The van der Waals surface area contributed by atoms with E-state index in [4.69, 9.17) is 0 Å². The SMILES string of the molecule is CC1(c2ccc3c(c2)c2cc4c(cc2n3-c2ccc3ccccc3c2)-c2ccccc2C4(c2ccccc2)c2ccccc2)C=Cc2c(c3ccccc3n2-c2ccc3ccccc3c2)C1. The van der Waals surface area contributed by atoms with Gasteiger partial charge in [0, 0.05) is 38.6 Å². The van der Waals surface area contributed by atoms with E-state index in [1.807, 2.05) is 0 Å². The lowest BCUT2D eigenvalue weighted by Crippen LogP contribution is -2.28. The van der Waals surface area contributed by atoms with Crippen molar-refractivity contribution in [3.63, 3.8) is 0 Å². The van der Waals surface area contributed by atoms with Gasteiger partial charge in [-0.3, -0.25) is 0 Å². The fourth-order valence-electron chi connectivity index (χ4n) is 12.1. The van der Waals surface area contributed by atoms with Gasteiger partial charge in [-0.2, -0.15) is 0 Å². The second-order valence-corrected chi connectivity index (χ2v) is 18.7. The van der Waals surface area contributed by atoms with Crippen LogP contribution in [0.2, 0.25) is 0 Å². The van der Waals surface area contributed by atoms with Gasteiger partial charge in [0.25, 0.3) is 0 Å². The molecule has 2 heterocycles. The van der Waals surface area contributed by atoms with E-state index in [0.29, 0.717) is 0 Å². The summed E-state index contributed by atoms with van der Waals surface area (Å²) >= 11 is 0. The molecule has 2 nitrogen and oxygen atoms in total. The molecule has 0 saturated heterocycles. The molecule has 1 atom stereocenters. The smallest absolute Gasteiger partial charge is 0.0713 e. The largest absolute Gasteiger partial charge is 0.310 e. The zero-order valence-corrected chi connectivity index (χ0v) is 36.6. The lowest BCUT2D eigenvalue weighted by atomic mass is 9.67. The molecule has 0 fully saturated rings. The number of para-hydroxylation sites is 1. The molecule has 10 aromatic carbocycles. The normalized spacial score (nSPS) is 16.0. The Hall–Kier alpha value is -8.20. The third kappa shape index (κ3) is 5.18. The van der Waals surface area contributed by atoms with Crippen molar-refractivity contribution in [3.05, 3.63) is 270 Å². The van der Waals surface area contributed by atoms with Crippen LogP contribution in [0.1, 0.15) is 46.0 Å². The topological polar surface area (TPSA) is 9.86 Å². The molecule has 0 bridgehead atoms. The number of hydrogen-bond donors (Lipinski definition) is 0. The summed E-state index contributed by atoms with van der Waals surface area (Å²) in [6.45, 7) is 2.43. The highest BCUT2D eigenvalue weighted by molar-refractivity contribution is 6.12. The minimum atomic E-state index is -0.495. The molecule has 0 amide bonds. The van der Waals surface area contributed by atoms with Crippen LogP contribution in [0.3, 0.4) is 0 Å². The molecule has 0 radical (unpaired) electrons. The van der Waals surface area contributed by atoms with Crippen LogP contribution < -0.4 is 0 Å². The highest BCUT2D eigenvalue weighted by atomic mass is 15.0. The molecule has 310 valence electrons. The van der Waals surface area contributed by atoms with Crippen molar-refractivity contribution in [1.82, 2.24) is 9.13 Å². The Morgan fingerprint density at radius 2 is 0.955 bits per heavy atom. The summed E-state index contributed by atoms with van der Waals surface area (Å²) in [4.78, 5) is 0. The quantitative estimate of drug-likeness (QED) is 0.163. The molecule has 0 aliphatic heterocycles. The maximum absolute atomic E-state index is 2.56. The van der Waals surface area contributed by atoms with E-state index >= 15 is 0 Å². The maximum Gasteiger partial charge on any atom is 0.0713 e. The minimum absolute atomic E-state index is 0.248. The van der Waals surface area contributed by atoms with Crippen LogP contribution in [-0.2, 0) is 17.3 Å². The third-order valence-electron chi connectivity index (χ3n) is 15.2. The van der Waals surface area contributed by atoms with Crippen LogP contribution in [-0.4, -0.2) is 9.13 Å². The van der Waals surface area contributed by atoms with Gasteiger partial charge in [-0.1, -0.05) is 183 Å². The molecule has 0 saturated carbocycles. The number of rotatable bonds is 5. The fourth-order valence-corrected chi connectivity index (χ4v) is 12.1. The summed E-state index contributed by atoms with van der Waals surface area (Å²) in [5, 5.41) is 8.84. The monoisotopic (exact) mass is 840 g/mol. The fraction of sp³-hybridized carbons (Fsp3) is 0.0625. The number of allylic oxidation sites excluding steroid dienone is 1. The van der Waals surface area contributed by atoms with Crippen LogP contribution in [0.4, 0.5) is 0 Å². The first-order valence-electron chi connectivity index (χ1n) is 23.2. The summed E-state index contributed by atoms with van der Waals surface area (Å²) in [5.41, 5.74) is 17.1. The van der Waals surface area contributed by atoms with E-state index in [9.17, 15) is 0 Å². The maximum atomic E-state index is 2.56. The van der Waals surface area contributed by atoms with Gasteiger partial charge in [0.05, 0.1) is 22.0 Å². The molecule has 0 spiro atoms. The van der Waals surface area contributed by atoms with E-state index < -0.39 is 5.41 Å². The molecule has 14 rings (SSSR count). The van der Waals surface area contributed by atoms with Crippen LogP contribution in [0, 0.1) is 0 Å². The minimum Gasteiger partial charge on any atom is -0.310 e. The molecular formula is C64H44N2. The van der Waals surface area contributed by atoms with Gasteiger partial charge in [0.2, 0.25) is 0 Å². The van der Waals surface area contributed by atoms with Crippen molar-refractivity contribution in [2.45, 2.75) is 24.2 Å². The zero-order valence-electron chi connectivity index (χ0n) is 36.6. The summed E-state index contributed by atoms with van der Waals surface area (Å²) in [5.74, 6) is 0. The third-order valence-corrected chi connectivity index (χ3v) is 15.2. The predicted molar refractivity (Wildman–Crippen MR) is 276 cm³/mol. The number of benzene rings is 10. The van der Waals surface area contributed by atoms with Crippen molar-refractivity contribution in [2.75, 3.05) is 0 Å². The molecule has 1 unspecified atom stereocenters. The van der Waals surface area contributed by atoms with Gasteiger partial charge in [0.15, 0.2) is 0 Å². The van der Waals surface area contributed by atoms with Crippen molar-refractivity contribution in [1.29, 1.82) is 0 Å². The van der Waals surface area contributed by atoms with Gasteiger partial charge in [-0.15, -0.1) is 0 Å². The molecule has 66 heavy (non-hydrogen) atoms.